The lowest BCUT2D eigenvalue weighted by molar-refractivity contribution is -0.154. The number of carbonyl (C=O) groups is 1. The van der Waals surface area contributed by atoms with E-state index in [0.717, 1.165) is 69.2 Å². The third-order valence-corrected chi connectivity index (χ3v) is 6.77. The molecule has 2 unspecified atom stereocenters. The first-order chi connectivity index (χ1) is 16.9. The van der Waals surface area contributed by atoms with E-state index in [1.165, 1.54) is 5.56 Å². The normalized spacial score (nSPS) is 14.6. The minimum Gasteiger partial charge on any atom is -0.493 e. The maximum Gasteiger partial charge on any atom is 0.337 e. The second-order valence-electron chi connectivity index (χ2n) is 9.36. The van der Waals surface area contributed by atoms with Crippen molar-refractivity contribution in [1.29, 1.82) is 0 Å². The summed E-state index contributed by atoms with van der Waals surface area (Å²) in [7, 11) is 0. The van der Waals surface area contributed by atoms with Gasteiger partial charge in [0.15, 0.2) is 6.10 Å². The van der Waals surface area contributed by atoms with E-state index in [1.807, 2.05) is 63.4 Å². The fourth-order valence-electron chi connectivity index (χ4n) is 5.21. The molecular weight excluding hydrogens is 440 g/mol. The van der Waals surface area contributed by atoms with Gasteiger partial charge >= 0.3 is 5.97 Å². The van der Waals surface area contributed by atoms with E-state index in [1.54, 1.807) is 0 Å². The lowest BCUT2D eigenvalue weighted by Crippen LogP contribution is -2.22. The average Bonchev–Trinajstić information content (AvgIpc) is 2.83. The number of nitrogens with zero attached hydrogens (tertiary/aromatic N) is 2. The number of benzene rings is 2. The van der Waals surface area contributed by atoms with Crippen LogP contribution in [0.1, 0.15) is 55.2 Å². The van der Waals surface area contributed by atoms with Crippen molar-refractivity contribution < 1.29 is 19.4 Å². The molecule has 0 aliphatic carbocycles. The van der Waals surface area contributed by atoms with E-state index in [-0.39, 0.29) is 6.10 Å². The fourth-order valence-corrected chi connectivity index (χ4v) is 5.21. The molecule has 180 valence electrons. The minimum atomic E-state index is -1.11. The van der Waals surface area contributed by atoms with Crippen molar-refractivity contribution in [3.05, 3.63) is 65.0 Å². The highest BCUT2D eigenvalue weighted by molar-refractivity contribution is 6.08. The highest BCUT2D eigenvalue weighted by Crippen LogP contribution is 2.44. The van der Waals surface area contributed by atoms with Crippen molar-refractivity contribution in [3.63, 3.8) is 0 Å². The van der Waals surface area contributed by atoms with Crippen LogP contribution in [0.5, 0.6) is 5.75 Å². The van der Waals surface area contributed by atoms with Gasteiger partial charge in [0.25, 0.3) is 0 Å². The number of carboxylic acids is 1. The van der Waals surface area contributed by atoms with Crippen LogP contribution < -0.4 is 4.74 Å². The maximum absolute atomic E-state index is 12.6. The summed E-state index contributed by atoms with van der Waals surface area (Å²) < 4.78 is 12.1. The fraction of sp³-hybridized carbons (Fsp3) is 0.345. The minimum absolute atomic E-state index is 0.192. The van der Waals surface area contributed by atoms with Crippen LogP contribution in [0.15, 0.2) is 42.6 Å². The smallest absolute Gasteiger partial charge is 0.337 e. The second-order valence-corrected chi connectivity index (χ2v) is 9.36. The molecule has 35 heavy (non-hydrogen) atoms. The third kappa shape index (κ3) is 4.12. The summed E-state index contributed by atoms with van der Waals surface area (Å²) in [6.45, 7) is 8.53. The summed E-state index contributed by atoms with van der Waals surface area (Å²) in [5.41, 5.74) is 6.88. The van der Waals surface area contributed by atoms with Crippen LogP contribution in [-0.4, -0.2) is 33.8 Å². The Labute approximate surface area is 204 Å². The summed E-state index contributed by atoms with van der Waals surface area (Å²) in [5, 5.41) is 12.2. The molecule has 0 fully saturated rings. The maximum atomic E-state index is 12.6. The molecule has 0 spiro atoms. The van der Waals surface area contributed by atoms with Gasteiger partial charge in [-0.3, -0.25) is 9.97 Å². The van der Waals surface area contributed by atoms with Gasteiger partial charge in [-0.15, -0.1) is 0 Å². The number of pyridine rings is 2. The molecule has 6 heteroatoms. The molecule has 2 aromatic carbocycles. The zero-order chi connectivity index (χ0) is 24.7. The molecule has 4 aromatic rings. The number of aryl methyl sites for hydroxylation is 2. The summed E-state index contributed by atoms with van der Waals surface area (Å²) >= 11 is 0. The largest absolute Gasteiger partial charge is 0.493 e. The topological polar surface area (TPSA) is 81.5 Å². The number of fused-ring (bicyclic) bond motifs is 1. The van der Waals surface area contributed by atoms with Crippen molar-refractivity contribution in [2.45, 2.75) is 59.2 Å². The lowest BCUT2D eigenvalue weighted by atomic mass is 9.86. The first kappa shape index (κ1) is 23.2. The first-order valence-corrected chi connectivity index (χ1v) is 12.2. The Bertz CT molecular complexity index is 1440. The molecule has 1 aliphatic rings. The van der Waals surface area contributed by atoms with Gasteiger partial charge in [0.1, 0.15) is 5.75 Å². The van der Waals surface area contributed by atoms with Crippen LogP contribution in [-0.2, 0) is 16.0 Å². The average molecular weight is 471 g/mol. The van der Waals surface area contributed by atoms with Gasteiger partial charge in [-0.25, -0.2) is 4.79 Å². The summed E-state index contributed by atoms with van der Waals surface area (Å²) in [5.74, 6) is -0.191. The van der Waals surface area contributed by atoms with Crippen molar-refractivity contribution in [2.75, 3.05) is 6.61 Å². The van der Waals surface area contributed by atoms with E-state index in [2.05, 4.69) is 6.92 Å². The van der Waals surface area contributed by atoms with Gasteiger partial charge in [-0.1, -0.05) is 19.4 Å². The molecule has 6 nitrogen and oxygen atoms in total. The Morgan fingerprint density at radius 1 is 1.20 bits per heavy atom. The molecule has 0 bridgehead atoms. The van der Waals surface area contributed by atoms with E-state index in [4.69, 9.17) is 19.4 Å². The first-order valence-electron chi connectivity index (χ1n) is 12.2. The molecule has 2 atom stereocenters. The van der Waals surface area contributed by atoms with E-state index in [0.29, 0.717) is 12.2 Å². The number of hydrogen-bond donors (Lipinski definition) is 1. The van der Waals surface area contributed by atoms with Gasteiger partial charge in [0.2, 0.25) is 0 Å². The molecule has 1 aliphatic heterocycles. The van der Waals surface area contributed by atoms with Gasteiger partial charge in [-0.05, 0) is 74.2 Å². The summed E-state index contributed by atoms with van der Waals surface area (Å²) in [6, 6.07) is 11.9. The third-order valence-electron chi connectivity index (χ3n) is 6.77. The van der Waals surface area contributed by atoms with Crippen molar-refractivity contribution >= 4 is 27.8 Å². The number of rotatable bonds is 7. The van der Waals surface area contributed by atoms with Crippen LogP contribution >= 0.6 is 0 Å². The van der Waals surface area contributed by atoms with Crippen LogP contribution in [0, 0.1) is 13.8 Å². The Kier molecular flexibility index (Phi) is 6.15. The van der Waals surface area contributed by atoms with Gasteiger partial charge in [0, 0.05) is 40.2 Å². The van der Waals surface area contributed by atoms with Crippen LogP contribution in [0.4, 0.5) is 0 Å². The Balaban J connectivity index is 1.86. The zero-order valence-electron chi connectivity index (χ0n) is 20.6. The quantitative estimate of drug-likeness (QED) is 0.340. The molecule has 2 aromatic heterocycles. The van der Waals surface area contributed by atoms with Crippen molar-refractivity contribution in [3.8, 4) is 16.9 Å². The Morgan fingerprint density at radius 3 is 2.80 bits per heavy atom. The number of aliphatic carboxylic acids is 1. The second kappa shape index (κ2) is 9.27. The van der Waals surface area contributed by atoms with E-state index in [9.17, 15) is 9.90 Å². The van der Waals surface area contributed by atoms with Gasteiger partial charge in [0.05, 0.1) is 23.7 Å². The summed E-state index contributed by atoms with van der Waals surface area (Å²) in [6.07, 6.45) is 3.03. The van der Waals surface area contributed by atoms with Gasteiger partial charge < -0.3 is 14.6 Å². The molecule has 0 saturated heterocycles. The van der Waals surface area contributed by atoms with E-state index >= 15 is 0 Å². The number of aromatic nitrogens is 2. The standard InChI is InChI=1S/C29H30N2O4/c1-5-6-18(4)35-28(29(32)33)24-16(2)15-22-20(8-7-17(3)31-22)26(24)21-9-10-23-25-19(12-14-34-23)11-13-30-27(21)25/h7-11,13,15,18,28H,5-6,12,14H2,1-4H3,(H,32,33). The molecule has 3 heterocycles. The molecule has 5 rings (SSSR count). The summed E-state index contributed by atoms with van der Waals surface area (Å²) in [4.78, 5) is 22.1. The van der Waals surface area contributed by atoms with Gasteiger partial charge in [-0.2, -0.15) is 0 Å². The molecule has 0 saturated carbocycles. The molecule has 0 radical (unpaired) electrons. The number of hydrogen-bond acceptors (Lipinski definition) is 5. The molecular formula is C29H30N2O4. The van der Waals surface area contributed by atoms with Crippen LogP contribution in [0.3, 0.4) is 0 Å². The lowest BCUT2D eigenvalue weighted by Gasteiger charge is -2.26. The predicted octanol–water partition coefficient (Wildman–Crippen LogP) is 6.33. The Morgan fingerprint density at radius 2 is 2.03 bits per heavy atom. The monoisotopic (exact) mass is 470 g/mol. The zero-order valence-corrected chi connectivity index (χ0v) is 20.6. The number of ether oxygens (including phenoxy) is 2. The predicted molar refractivity (Wildman–Crippen MR) is 137 cm³/mol. The SMILES string of the molecule is CCCC(C)OC(C(=O)O)c1c(C)cc2nc(C)ccc2c1-c1ccc2c3c(ccnc13)CCO2. The molecule has 1 N–H and O–H groups in total. The van der Waals surface area contributed by atoms with Crippen molar-refractivity contribution in [1.82, 2.24) is 9.97 Å². The van der Waals surface area contributed by atoms with E-state index < -0.39 is 12.1 Å². The Hall–Kier alpha value is -3.51. The van der Waals surface area contributed by atoms with Crippen molar-refractivity contribution in [2.24, 2.45) is 0 Å². The highest BCUT2D eigenvalue weighted by atomic mass is 16.5. The van der Waals surface area contributed by atoms with Crippen LogP contribution in [0.2, 0.25) is 0 Å². The van der Waals surface area contributed by atoms with Crippen LogP contribution in [0.25, 0.3) is 32.9 Å². The highest BCUT2D eigenvalue weighted by Gasteiger charge is 2.31. The molecule has 0 amide bonds. The number of carboxylic acid groups (broad SMARTS) is 1.